The number of imide groups is 1. The van der Waals surface area contributed by atoms with Crippen LogP contribution in [-0.4, -0.2) is 40.0 Å². The molecule has 0 aromatic carbocycles. The van der Waals surface area contributed by atoms with Crippen LogP contribution in [0.3, 0.4) is 0 Å². The number of urea groups is 1. The molecule has 116 valence electrons. The van der Waals surface area contributed by atoms with Crippen molar-refractivity contribution < 1.29 is 19.5 Å². The molecule has 6 nitrogen and oxygen atoms in total. The number of carboxylic acid groups (broad SMARTS) is 1. The van der Waals surface area contributed by atoms with Crippen molar-refractivity contribution in [3.8, 4) is 0 Å². The van der Waals surface area contributed by atoms with Gasteiger partial charge in [0.15, 0.2) is 0 Å². The van der Waals surface area contributed by atoms with Gasteiger partial charge in [0.1, 0.15) is 5.54 Å². The number of amides is 3. The van der Waals surface area contributed by atoms with Gasteiger partial charge in [-0.25, -0.2) is 9.59 Å². The molecule has 0 bridgehead atoms. The maximum Gasteiger partial charge on any atom is 0.331 e. The minimum atomic E-state index is -1.04. The van der Waals surface area contributed by atoms with E-state index in [1.54, 1.807) is 0 Å². The Morgan fingerprint density at radius 1 is 1.24 bits per heavy atom. The Morgan fingerprint density at radius 2 is 1.81 bits per heavy atom. The predicted octanol–water partition coefficient (Wildman–Crippen LogP) is 2.05. The van der Waals surface area contributed by atoms with Crippen LogP contribution in [0.1, 0.15) is 51.9 Å². The van der Waals surface area contributed by atoms with Crippen molar-refractivity contribution in [2.75, 3.05) is 6.54 Å². The fourth-order valence-corrected chi connectivity index (χ4v) is 3.01. The normalized spacial score (nSPS) is 22.9. The van der Waals surface area contributed by atoms with Gasteiger partial charge in [-0.15, -0.1) is 0 Å². The lowest BCUT2D eigenvalue weighted by Crippen LogP contribution is -2.47. The molecule has 3 amide bonds. The molecule has 0 atom stereocenters. The molecule has 2 fully saturated rings. The molecule has 0 radical (unpaired) electrons. The maximum absolute atomic E-state index is 12.6. The number of carbonyl (C=O) groups excluding carboxylic acids is 2. The van der Waals surface area contributed by atoms with E-state index in [0.717, 1.165) is 30.6 Å². The summed E-state index contributed by atoms with van der Waals surface area (Å²) in [6, 6.07) is -0.407. The number of hydrogen-bond donors (Lipinski definition) is 2. The van der Waals surface area contributed by atoms with Gasteiger partial charge in [-0.1, -0.05) is 38.2 Å². The second-order valence-corrected chi connectivity index (χ2v) is 5.89. The molecule has 1 aliphatic carbocycles. The van der Waals surface area contributed by atoms with E-state index < -0.39 is 17.5 Å². The molecule has 2 rings (SSSR count). The van der Waals surface area contributed by atoms with Gasteiger partial charge < -0.3 is 10.4 Å². The van der Waals surface area contributed by atoms with Crippen molar-refractivity contribution >= 4 is 17.9 Å². The Hall–Kier alpha value is -1.85. The van der Waals surface area contributed by atoms with E-state index in [9.17, 15) is 14.4 Å². The molecule has 6 heteroatoms. The summed E-state index contributed by atoms with van der Waals surface area (Å²) in [7, 11) is 0. The number of hydrogen-bond acceptors (Lipinski definition) is 3. The predicted molar refractivity (Wildman–Crippen MR) is 76.7 cm³/mol. The van der Waals surface area contributed by atoms with Gasteiger partial charge in [0.05, 0.1) is 0 Å². The Morgan fingerprint density at radius 3 is 2.38 bits per heavy atom. The Bertz CT molecular complexity index is 476. The molecular formula is C15H22N2O4. The highest BCUT2D eigenvalue weighted by Crippen LogP contribution is 2.32. The van der Waals surface area contributed by atoms with Gasteiger partial charge in [-0.2, -0.15) is 0 Å². The highest BCUT2D eigenvalue weighted by atomic mass is 16.4. The highest BCUT2D eigenvalue weighted by molar-refractivity contribution is 6.07. The van der Waals surface area contributed by atoms with E-state index in [2.05, 4.69) is 5.32 Å². The van der Waals surface area contributed by atoms with Crippen LogP contribution in [0.15, 0.2) is 11.6 Å². The topological polar surface area (TPSA) is 86.7 Å². The van der Waals surface area contributed by atoms with Crippen LogP contribution in [0.25, 0.3) is 0 Å². The summed E-state index contributed by atoms with van der Waals surface area (Å²) in [6.45, 7) is 1.47. The number of nitrogens with one attached hydrogen (secondary N) is 1. The number of aliphatic carboxylic acids is 1. The molecule has 1 heterocycles. The molecular weight excluding hydrogens is 272 g/mol. The van der Waals surface area contributed by atoms with E-state index in [1.165, 1.54) is 19.4 Å². The minimum Gasteiger partial charge on any atom is -0.478 e. The van der Waals surface area contributed by atoms with Gasteiger partial charge in [0.2, 0.25) is 0 Å². The lowest BCUT2D eigenvalue weighted by Gasteiger charge is -2.28. The smallest absolute Gasteiger partial charge is 0.331 e. The van der Waals surface area contributed by atoms with Crippen LogP contribution in [0, 0.1) is 0 Å². The Kier molecular flexibility index (Phi) is 4.65. The third-order valence-electron chi connectivity index (χ3n) is 4.37. The number of carboxylic acids is 1. The van der Waals surface area contributed by atoms with Crippen molar-refractivity contribution in [3.05, 3.63) is 11.6 Å². The van der Waals surface area contributed by atoms with Crippen molar-refractivity contribution in [3.63, 3.8) is 0 Å². The number of nitrogens with zero attached hydrogens (tertiary/aromatic N) is 1. The summed E-state index contributed by atoms with van der Waals surface area (Å²) in [4.78, 5) is 36.6. The van der Waals surface area contributed by atoms with Crippen molar-refractivity contribution in [2.45, 2.75) is 57.4 Å². The van der Waals surface area contributed by atoms with Crippen molar-refractivity contribution in [1.29, 1.82) is 0 Å². The van der Waals surface area contributed by atoms with Crippen LogP contribution in [0.4, 0.5) is 4.79 Å². The summed E-state index contributed by atoms with van der Waals surface area (Å²) in [5.41, 5.74) is -0.628. The van der Waals surface area contributed by atoms with E-state index in [-0.39, 0.29) is 18.0 Å². The zero-order valence-electron chi connectivity index (χ0n) is 12.4. The molecule has 21 heavy (non-hydrogen) atoms. The first-order valence-electron chi connectivity index (χ1n) is 7.50. The van der Waals surface area contributed by atoms with Crippen LogP contribution in [-0.2, 0) is 9.59 Å². The van der Waals surface area contributed by atoms with Gasteiger partial charge in [-0.05, 0) is 19.8 Å². The Balaban J connectivity index is 2.11. The van der Waals surface area contributed by atoms with E-state index >= 15 is 0 Å². The average Bonchev–Trinajstić information content (AvgIpc) is 2.64. The quantitative estimate of drug-likeness (QED) is 0.616. The lowest BCUT2D eigenvalue weighted by atomic mass is 9.84. The summed E-state index contributed by atoms with van der Waals surface area (Å²) < 4.78 is 0. The molecule has 1 spiro atoms. The SMILES string of the molecule is CC(=CCN1C(=O)NC2(CCCCCCC2)C1=O)C(=O)O. The van der Waals surface area contributed by atoms with Crippen LogP contribution >= 0.6 is 0 Å². The fourth-order valence-electron chi connectivity index (χ4n) is 3.01. The second kappa shape index (κ2) is 6.28. The summed E-state index contributed by atoms with van der Waals surface area (Å²) >= 11 is 0. The first-order valence-corrected chi connectivity index (χ1v) is 7.50. The molecule has 1 saturated carbocycles. The lowest BCUT2D eigenvalue weighted by molar-refractivity contribution is -0.133. The van der Waals surface area contributed by atoms with E-state index in [4.69, 9.17) is 5.11 Å². The van der Waals surface area contributed by atoms with Crippen LogP contribution in [0.2, 0.25) is 0 Å². The summed E-state index contributed by atoms with van der Waals surface area (Å²) in [5.74, 6) is -1.24. The minimum absolute atomic E-state index is 0.0184. The first kappa shape index (κ1) is 15.5. The van der Waals surface area contributed by atoms with Crippen molar-refractivity contribution in [1.82, 2.24) is 10.2 Å². The van der Waals surface area contributed by atoms with Crippen LogP contribution in [0.5, 0.6) is 0 Å². The van der Waals surface area contributed by atoms with Gasteiger partial charge >= 0.3 is 12.0 Å². The largest absolute Gasteiger partial charge is 0.478 e. The first-order chi connectivity index (χ1) is 9.96. The maximum atomic E-state index is 12.6. The number of rotatable bonds is 3. The monoisotopic (exact) mass is 294 g/mol. The molecule has 2 aliphatic rings. The molecule has 1 aliphatic heterocycles. The summed E-state index contributed by atoms with van der Waals surface area (Å²) in [6.07, 6.45) is 7.98. The van der Waals surface area contributed by atoms with Crippen molar-refractivity contribution in [2.24, 2.45) is 0 Å². The highest BCUT2D eigenvalue weighted by Gasteiger charge is 2.49. The zero-order chi connectivity index (χ0) is 15.5. The van der Waals surface area contributed by atoms with Crippen LogP contribution < -0.4 is 5.32 Å². The van der Waals surface area contributed by atoms with Gasteiger partial charge in [0, 0.05) is 12.1 Å². The molecule has 0 aromatic heterocycles. The molecule has 0 aromatic rings. The molecule has 0 unspecified atom stereocenters. The van der Waals surface area contributed by atoms with E-state index in [0.29, 0.717) is 12.8 Å². The van der Waals surface area contributed by atoms with Gasteiger partial charge in [0.25, 0.3) is 5.91 Å². The molecule has 1 saturated heterocycles. The Labute approximate surface area is 124 Å². The number of carbonyl (C=O) groups is 3. The standard InChI is InChI=1S/C15H22N2O4/c1-11(12(18)19)7-10-17-13(20)15(16-14(17)21)8-5-3-2-4-6-9-15/h7H,2-6,8-10H2,1H3,(H,16,21)(H,18,19). The second-order valence-electron chi connectivity index (χ2n) is 5.89. The van der Waals surface area contributed by atoms with Gasteiger partial charge in [-0.3, -0.25) is 9.69 Å². The zero-order valence-corrected chi connectivity index (χ0v) is 12.4. The third kappa shape index (κ3) is 3.25. The van der Waals surface area contributed by atoms with E-state index in [1.807, 2.05) is 0 Å². The third-order valence-corrected chi connectivity index (χ3v) is 4.37. The average molecular weight is 294 g/mol. The molecule has 2 N–H and O–H groups in total. The summed E-state index contributed by atoms with van der Waals surface area (Å²) in [5, 5.41) is 11.7. The fraction of sp³-hybridized carbons (Fsp3) is 0.667.